The number of amides is 2. The van der Waals surface area contributed by atoms with Crippen molar-refractivity contribution in [2.75, 3.05) is 5.32 Å². The second kappa shape index (κ2) is 12.4. The van der Waals surface area contributed by atoms with E-state index in [4.69, 9.17) is 5.73 Å². The topological polar surface area (TPSA) is 72.2 Å². The standard InChI is InChI=1S/C41H58N2O2/c1-24-16-33(25(2)27-18-29(38(4,5)6)22-30(19-27)39(7,8)9)35(43-37(45)36(42)44)34(17-24)26(3)28-20-31(40(10,11)12)23-32(21-28)41(13,14)15/h16-23,25-26H,1-15H3,(H2,42,44)(H,43,45). The lowest BCUT2D eigenvalue weighted by Crippen LogP contribution is -2.30. The molecule has 3 rings (SSSR count). The molecule has 2 unspecified atom stereocenters. The van der Waals surface area contributed by atoms with Gasteiger partial charge in [-0.05, 0) is 73.1 Å². The molecule has 2 atom stereocenters. The summed E-state index contributed by atoms with van der Waals surface area (Å²) in [4.78, 5) is 25.1. The summed E-state index contributed by atoms with van der Waals surface area (Å²) in [6.45, 7) is 33.4. The Morgan fingerprint density at radius 3 is 1.09 bits per heavy atom. The summed E-state index contributed by atoms with van der Waals surface area (Å²) in [6, 6.07) is 18.1. The zero-order valence-corrected chi connectivity index (χ0v) is 30.7. The molecule has 0 radical (unpaired) electrons. The minimum absolute atomic E-state index is 0.0339. The maximum absolute atomic E-state index is 13.0. The van der Waals surface area contributed by atoms with Gasteiger partial charge in [0.2, 0.25) is 0 Å². The normalized spacial score (nSPS) is 14.2. The van der Waals surface area contributed by atoms with E-state index in [1.54, 1.807) is 0 Å². The Balaban J connectivity index is 2.36. The number of nitrogens with one attached hydrogen (secondary N) is 1. The van der Waals surface area contributed by atoms with Gasteiger partial charge in [-0.2, -0.15) is 0 Å². The van der Waals surface area contributed by atoms with E-state index in [0.717, 1.165) is 16.7 Å². The van der Waals surface area contributed by atoms with Crippen molar-refractivity contribution in [1.29, 1.82) is 0 Å². The highest BCUT2D eigenvalue weighted by Crippen LogP contribution is 2.42. The first-order chi connectivity index (χ1) is 20.3. The first-order valence-corrected chi connectivity index (χ1v) is 16.4. The van der Waals surface area contributed by atoms with Crippen molar-refractivity contribution in [3.8, 4) is 0 Å². The minimum Gasteiger partial charge on any atom is -0.361 e. The number of carbonyl (C=O) groups excluding carboxylic acids is 2. The van der Waals surface area contributed by atoms with E-state index in [0.29, 0.717) is 5.69 Å². The van der Waals surface area contributed by atoms with Gasteiger partial charge >= 0.3 is 11.8 Å². The highest BCUT2D eigenvalue weighted by Gasteiger charge is 2.28. The Morgan fingerprint density at radius 2 is 0.844 bits per heavy atom. The van der Waals surface area contributed by atoms with Crippen LogP contribution in [0, 0.1) is 6.92 Å². The average molecular weight is 611 g/mol. The summed E-state index contributed by atoms with van der Waals surface area (Å²) >= 11 is 0. The highest BCUT2D eigenvalue weighted by molar-refractivity contribution is 6.39. The van der Waals surface area contributed by atoms with Gasteiger partial charge in [0, 0.05) is 17.5 Å². The lowest BCUT2D eigenvalue weighted by Gasteiger charge is -2.30. The number of rotatable bonds is 5. The Kier molecular flexibility index (Phi) is 9.96. The molecule has 0 fully saturated rings. The van der Waals surface area contributed by atoms with E-state index in [1.165, 1.54) is 33.4 Å². The largest absolute Gasteiger partial charge is 0.361 e. The van der Waals surface area contributed by atoms with Crippen LogP contribution in [0.3, 0.4) is 0 Å². The van der Waals surface area contributed by atoms with Crippen LogP contribution in [0.5, 0.6) is 0 Å². The predicted molar refractivity (Wildman–Crippen MR) is 192 cm³/mol. The second-order valence-electron chi connectivity index (χ2n) is 17.3. The second-order valence-corrected chi connectivity index (χ2v) is 17.3. The molecule has 2 amide bonds. The van der Waals surface area contributed by atoms with Gasteiger partial charge in [-0.25, -0.2) is 0 Å². The van der Waals surface area contributed by atoms with Crippen LogP contribution in [0.2, 0.25) is 0 Å². The van der Waals surface area contributed by atoms with Gasteiger partial charge in [-0.1, -0.05) is 151 Å². The molecule has 0 spiro atoms. The zero-order valence-electron chi connectivity index (χ0n) is 30.7. The number of carbonyl (C=O) groups is 2. The third kappa shape index (κ3) is 8.45. The third-order valence-electron chi connectivity index (χ3n) is 9.11. The van der Waals surface area contributed by atoms with Crippen LogP contribution in [0.25, 0.3) is 0 Å². The lowest BCUT2D eigenvalue weighted by atomic mass is 9.76. The molecule has 0 heterocycles. The zero-order chi connectivity index (χ0) is 34.4. The van der Waals surface area contributed by atoms with E-state index in [2.05, 4.69) is 158 Å². The van der Waals surface area contributed by atoms with E-state index in [9.17, 15) is 9.59 Å². The van der Waals surface area contributed by atoms with Crippen molar-refractivity contribution >= 4 is 17.5 Å². The molecule has 3 aromatic rings. The van der Waals surface area contributed by atoms with Gasteiger partial charge in [-0.15, -0.1) is 0 Å². The molecule has 244 valence electrons. The summed E-state index contributed by atoms with van der Waals surface area (Å²) in [5.41, 5.74) is 16.5. The Labute approximate surface area is 273 Å². The molecular weight excluding hydrogens is 552 g/mol. The number of hydrogen-bond acceptors (Lipinski definition) is 2. The first kappa shape index (κ1) is 36.1. The molecule has 3 N–H and O–H groups in total. The molecule has 3 aromatic carbocycles. The van der Waals surface area contributed by atoms with Crippen LogP contribution in [0.1, 0.15) is 159 Å². The average Bonchev–Trinajstić information content (AvgIpc) is 2.90. The fourth-order valence-electron chi connectivity index (χ4n) is 5.74. The number of nitrogens with two attached hydrogens (primary N) is 1. The molecule has 0 saturated heterocycles. The fourth-order valence-corrected chi connectivity index (χ4v) is 5.74. The summed E-state index contributed by atoms with van der Waals surface area (Å²) in [5, 5.41) is 2.97. The van der Waals surface area contributed by atoms with Crippen molar-refractivity contribution in [2.24, 2.45) is 5.73 Å². The predicted octanol–water partition coefficient (Wildman–Crippen LogP) is 9.91. The van der Waals surface area contributed by atoms with Crippen LogP contribution in [-0.2, 0) is 31.2 Å². The molecule has 0 aliphatic heterocycles. The number of aryl methyl sites for hydroxylation is 1. The Bertz CT molecular complexity index is 1420. The van der Waals surface area contributed by atoms with Gasteiger partial charge in [-0.3, -0.25) is 9.59 Å². The van der Waals surface area contributed by atoms with E-state index < -0.39 is 11.8 Å². The van der Waals surface area contributed by atoms with Gasteiger partial charge in [0.15, 0.2) is 0 Å². The molecule has 0 aromatic heterocycles. The Morgan fingerprint density at radius 1 is 0.556 bits per heavy atom. The van der Waals surface area contributed by atoms with Crippen molar-refractivity contribution in [3.63, 3.8) is 0 Å². The summed E-state index contributed by atoms with van der Waals surface area (Å²) in [5.74, 6) is -1.93. The maximum atomic E-state index is 13.0. The van der Waals surface area contributed by atoms with Crippen LogP contribution in [0.4, 0.5) is 5.69 Å². The Hall–Kier alpha value is -3.40. The van der Waals surface area contributed by atoms with Gasteiger partial charge in [0.1, 0.15) is 0 Å². The molecular formula is C41H58N2O2. The van der Waals surface area contributed by atoms with E-state index >= 15 is 0 Å². The molecule has 0 bridgehead atoms. The van der Waals surface area contributed by atoms with Gasteiger partial charge < -0.3 is 11.1 Å². The molecule has 4 nitrogen and oxygen atoms in total. The first-order valence-electron chi connectivity index (χ1n) is 16.4. The smallest absolute Gasteiger partial charge is 0.313 e. The monoisotopic (exact) mass is 610 g/mol. The summed E-state index contributed by atoms with van der Waals surface area (Å²) in [7, 11) is 0. The van der Waals surface area contributed by atoms with Crippen LogP contribution in [-0.4, -0.2) is 11.8 Å². The SMILES string of the molecule is Cc1cc(C(C)c2cc(C(C)(C)C)cc(C(C)(C)C)c2)c(NC(=O)C(N)=O)c(C(C)c2cc(C(C)(C)C)cc(C(C)(C)C)c2)c1. The number of benzene rings is 3. The molecule has 45 heavy (non-hydrogen) atoms. The van der Waals surface area contributed by atoms with Crippen molar-refractivity contribution in [3.05, 3.63) is 98.6 Å². The fraction of sp³-hybridized carbons (Fsp3) is 0.512. The number of anilines is 1. The highest BCUT2D eigenvalue weighted by atomic mass is 16.2. The van der Waals surface area contributed by atoms with Crippen LogP contribution in [0.15, 0.2) is 48.5 Å². The quantitative estimate of drug-likeness (QED) is 0.282. The summed E-state index contributed by atoms with van der Waals surface area (Å²) < 4.78 is 0. The lowest BCUT2D eigenvalue weighted by molar-refractivity contribution is -0.134. The van der Waals surface area contributed by atoms with Gasteiger partial charge in [0.05, 0.1) is 0 Å². The van der Waals surface area contributed by atoms with Crippen LogP contribution >= 0.6 is 0 Å². The number of hydrogen-bond donors (Lipinski definition) is 2. The molecule has 0 aliphatic rings. The van der Waals surface area contributed by atoms with Crippen molar-refractivity contribution in [2.45, 2.75) is 137 Å². The molecule has 0 aliphatic carbocycles. The summed E-state index contributed by atoms with van der Waals surface area (Å²) in [6.07, 6.45) is 0. The van der Waals surface area contributed by atoms with Crippen molar-refractivity contribution < 1.29 is 9.59 Å². The van der Waals surface area contributed by atoms with Crippen LogP contribution < -0.4 is 11.1 Å². The van der Waals surface area contributed by atoms with Crippen molar-refractivity contribution in [1.82, 2.24) is 0 Å². The third-order valence-corrected chi connectivity index (χ3v) is 9.11. The van der Waals surface area contributed by atoms with Gasteiger partial charge in [0.25, 0.3) is 0 Å². The van der Waals surface area contributed by atoms with E-state index in [1.807, 2.05) is 0 Å². The minimum atomic E-state index is -0.998. The number of primary amides is 1. The van der Waals surface area contributed by atoms with E-state index in [-0.39, 0.29) is 33.5 Å². The molecule has 4 heteroatoms. The maximum Gasteiger partial charge on any atom is 0.313 e. The molecule has 0 saturated carbocycles.